The molecular formula is C14H14N2O3S. The fourth-order valence-corrected chi connectivity index (χ4v) is 2.92. The maximum Gasteiger partial charge on any atom is 0.269 e. The predicted octanol–water partition coefficient (Wildman–Crippen LogP) is 2.53. The topological polar surface area (TPSA) is 86.2 Å². The van der Waals surface area contributed by atoms with Gasteiger partial charge in [-0.2, -0.15) is 0 Å². The monoisotopic (exact) mass is 290 g/mol. The number of hydrogen-bond acceptors (Lipinski definition) is 4. The number of nitrogens with zero attached hydrogens (tertiary/aromatic N) is 1. The molecule has 6 heteroatoms. The van der Waals surface area contributed by atoms with Crippen molar-refractivity contribution in [2.45, 2.75) is 11.3 Å². The van der Waals surface area contributed by atoms with Gasteiger partial charge in [-0.3, -0.25) is 14.3 Å². The standard InChI is InChI=1S/C14H14N2O3S/c15-12-2-1-3-14(10-12)20(19)9-8-11-4-6-13(7-5-11)16(17)18/h1-7,10H,8-9,15H2. The van der Waals surface area contributed by atoms with Crippen molar-refractivity contribution in [2.24, 2.45) is 0 Å². The van der Waals surface area contributed by atoms with E-state index < -0.39 is 15.7 Å². The van der Waals surface area contributed by atoms with Crippen molar-refractivity contribution in [3.05, 3.63) is 64.2 Å². The van der Waals surface area contributed by atoms with Crippen LogP contribution < -0.4 is 5.73 Å². The molecule has 1 atom stereocenters. The van der Waals surface area contributed by atoms with Crippen LogP contribution >= 0.6 is 0 Å². The summed E-state index contributed by atoms with van der Waals surface area (Å²) < 4.78 is 12.1. The first-order valence-electron chi connectivity index (χ1n) is 6.03. The molecule has 0 amide bonds. The quantitative estimate of drug-likeness (QED) is 0.521. The van der Waals surface area contributed by atoms with Crippen molar-refractivity contribution < 1.29 is 9.13 Å². The summed E-state index contributed by atoms with van der Waals surface area (Å²) in [6, 6.07) is 13.3. The molecule has 0 radical (unpaired) electrons. The molecule has 0 heterocycles. The van der Waals surface area contributed by atoms with E-state index in [4.69, 9.17) is 5.73 Å². The summed E-state index contributed by atoms with van der Waals surface area (Å²) in [7, 11) is -1.12. The average molecular weight is 290 g/mol. The third-order valence-electron chi connectivity index (χ3n) is 2.84. The van der Waals surface area contributed by atoms with E-state index in [1.807, 2.05) is 0 Å². The minimum atomic E-state index is -1.12. The maximum absolute atomic E-state index is 12.1. The van der Waals surface area contributed by atoms with E-state index in [2.05, 4.69) is 0 Å². The second-order valence-electron chi connectivity index (χ2n) is 4.30. The molecule has 0 spiro atoms. The van der Waals surface area contributed by atoms with Crippen molar-refractivity contribution in [3.63, 3.8) is 0 Å². The summed E-state index contributed by atoms with van der Waals surface area (Å²) in [5.74, 6) is 0.460. The third-order valence-corrected chi connectivity index (χ3v) is 4.20. The number of rotatable bonds is 5. The molecule has 0 aliphatic rings. The molecular weight excluding hydrogens is 276 g/mol. The highest BCUT2D eigenvalue weighted by molar-refractivity contribution is 7.85. The Balaban J connectivity index is 1.98. The van der Waals surface area contributed by atoms with Gasteiger partial charge in [0.25, 0.3) is 5.69 Å². The lowest BCUT2D eigenvalue weighted by Crippen LogP contribution is -2.02. The first-order chi connectivity index (χ1) is 9.56. The normalized spacial score (nSPS) is 12.0. The van der Waals surface area contributed by atoms with E-state index in [9.17, 15) is 14.3 Å². The smallest absolute Gasteiger partial charge is 0.269 e. The minimum absolute atomic E-state index is 0.0608. The highest BCUT2D eigenvalue weighted by Crippen LogP contribution is 2.15. The van der Waals surface area contributed by atoms with Crippen LogP contribution in [0, 0.1) is 10.1 Å². The van der Waals surface area contributed by atoms with Crippen LogP contribution in [-0.4, -0.2) is 14.9 Å². The molecule has 2 rings (SSSR count). The van der Waals surface area contributed by atoms with Gasteiger partial charge in [0.05, 0.1) is 15.7 Å². The largest absolute Gasteiger partial charge is 0.399 e. The van der Waals surface area contributed by atoms with E-state index in [0.717, 1.165) is 5.56 Å². The number of benzene rings is 2. The number of nitro benzene ring substituents is 1. The Labute approximate surface area is 119 Å². The SMILES string of the molecule is Nc1cccc(S(=O)CCc2ccc([N+](=O)[O-])cc2)c1. The molecule has 104 valence electrons. The van der Waals surface area contributed by atoms with Crippen LogP contribution in [0.15, 0.2) is 53.4 Å². The fraction of sp³-hybridized carbons (Fsp3) is 0.143. The molecule has 1 unspecified atom stereocenters. The van der Waals surface area contributed by atoms with E-state index in [1.165, 1.54) is 12.1 Å². The lowest BCUT2D eigenvalue weighted by atomic mass is 10.1. The molecule has 0 bridgehead atoms. The molecule has 2 aromatic rings. The predicted molar refractivity (Wildman–Crippen MR) is 78.9 cm³/mol. The number of nitro groups is 1. The third kappa shape index (κ3) is 3.64. The molecule has 20 heavy (non-hydrogen) atoms. The van der Waals surface area contributed by atoms with Crippen LogP contribution in [-0.2, 0) is 17.2 Å². The maximum atomic E-state index is 12.1. The van der Waals surface area contributed by atoms with Crippen molar-refractivity contribution in [1.29, 1.82) is 0 Å². The number of nitrogen functional groups attached to an aromatic ring is 1. The molecule has 0 saturated carbocycles. The van der Waals surface area contributed by atoms with Crippen molar-refractivity contribution in [1.82, 2.24) is 0 Å². The lowest BCUT2D eigenvalue weighted by Gasteiger charge is -2.04. The zero-order valence-electron chi connectivity index (χ0n) is 10.7. The van der Waals surface area contributed by atoms with Gasteiger partial charge >= 0.3 is 0 Å². The van der Waals surface area contributed by atoms with Crippen molar-refractivity contribution in [2.75, 3.05) is 11.5 Å². The average Bonchev–Trinajstić information content (AvgIpc) is 2.45. The Bertz CT molecular complexity index is 641. The second-order valence-corrected chi connectivity index (χ2v) is 5.87. The van der Waals surface area contributed by atoms with Gasteiger partial charge in [0.15, 0.2) is 0 Å². The highest BCUT2D eigenvalue weighted by Gasteiger charge is 2.07. The Morgan fingerprint density at radius 1 is 1.15 bits per heavy atom. The summed E-state index contributed by atoms with van der Waals surface area (Å²) in [4.78, 5) is 10.8. The minimum Gasteiger partial charge on any atom is -0.399 e. The van der Waals surface area contributed by atoms with Crippen LogP contribution in [0.1, 0.15) is 5.56 Å². The summed E-state index contributed by atoms with van der Waals surface area (Å²) in [6.07, 6.45) is 0.597. The molecule has 0 aliphatic heterocycles. The molecule has 5 nitrogen and oxygen atoms in total. The van der Waals surface area contributed by atoms with E-state index in [0.29, 0.717) is 22.8 Å². The van der Waals surface area contributed by atoms with E-state index in [-0.39, 0.29) is 5.69 Å². The number of aryl methyl sites for hydroxylation is 1. The van der Waals surface area contributed by atoms with Gasteiger partial charge in [-0.1, -0.05) is 18.2 Å². The van der Waals surface area contributed by atoms with Gasteiger partial charge in [0.2, 0.25) is 0 Å². The Morgan fingerprint density at radius 2 is 1.85 bits per heavy atom. The van der Waals surface area contributed by atoms with Gasteiger partial charge in [0, 0.05) is 28.5 Å². The van der Waals surface area contributed by atoms with E-state index >= 15 is 0 Å². The van der Waals surface area contributed by atoms with Gasteiger partial charge in [0.1, 0.15) is 0 Å². The van der Waals surface area contributed by atoms with Gasteiger partial charge < -0.3 is 5.73 Å². The Morgan fingerprint density at radius 3 is 2.45 bits per heavy atom. The summed E-state index contributed by atoms with van der Waals surface area (Å²) in [6.45, 7) is 0. The van der Waals surface area contributed by atoms with Crippen molar-refractivity contribution in [3.8, 4) is 0 Å². The number of non-ortho nitro benzene ring substituents is 1. The van der Waals surface area contributed by atoms with Crippen LogP contribution in [0.4, 0.5) is 11.4 Å². The molecule has 0 fully saturated rings. The first kappa shape index (κ1) is 14.2. The zero-order valence-corrected chi connectivity index (χ0v) is 11.5. The van der Waals surface area contributed by atoms with Crippen LogP contribution in [0.5, 0.6) is 0 Å². The molecule has 0 saturated heterocycles. The fourth-order valence-electron chi connectivity index (χ4n) is 1.77. The number of nitrogens with two attached hydrogens (primary N) is 1. The zero-order chi connectivity index (χ0) is 14.5. The van der Waals surface area contributed by atoms with E-state index in [1.54, 1.807) is 36.4 Å². The highest BCUT2D eigenvalue weighted by atomic mass is 32.2. The number of anilines is 1. The first-order valence-corrected chi connectivity index (χ1v) is 7.35. The summed E-state index contributed by atoms with van der Waals surface area (Å²) in [5, 5.41) is 10.5. The number of hydrogen-bond donors (Lipinski definition) is 1. The van der Waals surface area contributed by atoms with Gasteiger partial charge in [-0.25, -0.2) is 0 Å². The molecule has 2 aromatic carbocycles. The van der Waals surface area contributed by atoms with Gasteiger partial charge in [-0.15, -0.1) is 0 Å². The summed E-state index contributed by atoms with van der Waals surface area (Å²) in [5.41, 5.74) is 7.22. The van der Waals surface area contributed by atoms with Crippen LogP contribution in [0.3, 0.4) is 0 Å². The van der Waals surface area contributed by atoms with Crippen LogP contribution in [0.2, 0.25) is 0 Å². The Hall–Kier alpha value is -2.21. The van der Waals surface area contributed by atoms with Crippen molar-refractivity contribution >= 4 is 22.2 Å². The summed E-state index contributed by atoms with van der Waals surface area (Å²) >= 11 is 0. The molecule has 0 aliphatic carbocycles. The molecule has 2 N–H and O–H groups in total. The molecule has 0 aromatic heterocycles. The second kappa shape index (κ2) is 6.29. The lowest BCUT2D eigenvalue weighted by molar-refractivity contribution is -0.384. The Kier molecular flexibility index (Phi) is 4.47. The van der Waals surface area contributed by atoms with Crippen LogP contribution in [0.25, 0.3) is 0 Å². The van der Waals surface area contributed by atoms with Gasteiger partial charge in [-0.05, 0) is 30.2 Å².